The number of amides is 1. The number of aryl methyl sites for hydroxylation is 2. The first kappa shape index (κ1) is 23.3. The monoisotopic (exact) mass is 454 g/mol. The van der Waals surface area contributed by atoms with E-state index in [0.717, 1.165) is 28.9 Å². The first-order chi connectivity index (χ1) is 16.5. The largest absolute Gasteiger partial charge is 0.315 e. The summed E-state index contributed by atoms with van der Waals surface area (Å²) in [5.41, 5.74) is 5.08. The third-order valence-corrected chi connectivity index (χ3v) is 5.87. The van der Waals surface area contributed by atoms with Crippen LogP contribution in [0.2, 0.25) is 0 Å². The molecule has 4 aromatic rings. The number of anilines is 1. The van der Waals surface area contributed by atoms with E-state index in [9.17, 15) is 4.79 Å². The fraction of sp³-hybridized carbons (Fsp3) is 0.259. The predicted molar refractivity (Wildman–Crippen MR) is 135 cm³/mol. The molecule has 4 rings (SSSR count). The van der Waals surface area contributed by atoms with Crippen LogP contribution in [0.1, 0.15) is 35.6 Å². The molecule has 1 aromatic carbocycles. The average Bonchev–Trinajstić information content (AvgIpc) is 3.29. The number of rotatable bonds is 9. The molecule has 1 amide bonds. The first-order valence-electron chi connectivity index (χ1n) is 11.4. The zero-order chi connectivity index (χ0) is 23.9. The van der Waals surface area contributed by atoms with Crippen LogP contribution in [0.5, 0.6) is 0 Å². The standard InChI is InChI=1S/C27H30N6O/c1-19(22-10-9-20(2)29-14-22)13-28-17-25(21-7-5-4-6-8-21)27(34)32-26-12-11-23(15-30-26)24-16-31-33(3)18-24/h4-12,14-16,18-19,25,28H,13,17H2,1-3H3,(H,30,32,34)/t19-,25?/m0/s1. The van der Waals surface area contributed by atoms with E-state index in [1.807, 2.05) is 74.9 Å². The van der Waals surface area contributed by atoms with Gasteiger partial charge in [0.05, 0.1) is 12.1 Å². The minimum Gasteiger partial charge on any atom is -0.315 e. The lowest BCUT2D eigenvalue weighted by atomic mass is 9.97. The molecule has 7 heteroatoms. The number of carbonyl (C=O) groups is 1. The second-order valence-corrected chi connectivity index (χ2v) is 8.58. The van der Waals surface area contributed by atoms with E-state index < -0.39 is 0 Å². The van der Waals surface area contributed by atoms with Gasteiger partial charge in [0.25, 0.3) is 0 Å². The van der Waals surface area contributed by atoms with Crippen molar-refractivity contribution >= 4 is 11.7 Å². The summed E-state index contributed by atoms with van der Waals surface area (Å²) < 4.78 is 1.75. The normalized spacial score (nSPS) is 12.8. The summed E-state index contributed by atoms with van der Waals surface area (Å²) in [5, 5.41) is 10.7. The lowest BCUT2D eigenvalue weighted by Crippen LogP contribution is -2.32. The highest BCUT2D eigenvalue weighted by molar-refractivity contribution is 5.95. The second kappa shape index (κ2) is 10.9. The maximum Gasteiger partial charge on any atom is 0.234 e. The summed E-state index contributed by atoms with van der Waals surface area (Å²) in [5.74, 6) is 0.376. The van der Waals surface area contributed by atoms with Crippen molar-refractivity contribution < 1.29 is 4.79 Å². The Bertz CT molecular complexity index is 1200. The number of hydrogen-bond acceptors (Lipinski definition) is 5. The third-order valence-electron chi connectivity index (χ3n) is 5.87. The van der Waals surface area contributed by atoms with E-state index >= 15 is 0 Å². The molecule has 0 saturated heterocycles. The third kappa shape index (κ3) is 5.94. The Morgan fingerprint density at radius 2 is 1.74 bits per heavy atom. The molecule has 0 aliphatic rings. The maximum atomic E-state index is 13.2. The van der Waals surface area contributed by atoms with Crippen molar-refractivity contribution in [2.75, 3.05) is 18.4 Å². The molecule has 3 heterocycles. The van der Waals surface area contributed by atoms with Crippen LogP contribution in [-0.4, -0.2) is 38.7 Å². The van der Waals surface area contributed by atoms with Gasteiger partial charge < -0.3 is 10.6 Å². The lowest BCUT2D eigenvalue weighted by molar-refractivity contribution is -0.117. The van der Waals surface area contributed by atoms with Crippen molar-refractivity contribution in [2.24, 2.45) is 7.05 Å². The smallest absolute Gasteiger partial charge is 0.234 e. The molecule has 7 nitrogen and oxygen atoms in total. The van der Waals surface area contributed by atoms with Gasteiger partial charge in [-0.2, -0.15) is 5.10 Å². The van der Waals surface area contributed by atoms with Gasteiger partial charge in [-0.1, -0.05) is 43.3 Å². The molecule has 34 heavy (non-hydrogen) atoms. The molecule has 1 unspecified atom stereocenters. The number of carbonyl (C=O) groups excluding carboxylic acids is 1. The Morgan fingerprint density at radius 3 is 2.38 bits per heavy atom. The Hall–Kier alpha value is -3.84. The summed E-state index contributed by atoms with van der Waals surface area (Å²) >= 11 is 0. The lowest BCUT2D eigenvalue weighted by Gasteiger charge is -2.20. The van der Waals surface area contributed by atoms with Crippen LogP contribution in [-0.2, 0) is 11.8 Å². The van der Waals surface area contributed by atoms with E-state index in [1.54, 1.807) is 17.1 Å². The van der Waals surface area contributed by atoms with Gasteiger partial charge in [0, 0.05) is 55.5 Å². The van der Waals surface area contributed by atoms with Crippen molar-refractivity contribution in [3.05, 3.63) is 96.2 Å². The van der Waals surface area contributed by atoms with Crippen LogP contribution < -0.4 is 10.6 Å². The molecule has 0 bridgehead atoms. The SMILES string of the molecule is Cc1ccc([C@@H](C)CNCC(C(=O)Nc2ccc(-c3cnn(C)c3)cn2)c2ccccc2)cn1. The van der Waals surface area contributed by atoms with Gasteiger partial charge in [-0.05, 0) is 42.2 Å². The average molecular weight is 455 g/mol. The first-order valence-corrected chi connectivity index (χ1v) is 11.4. The fourth-order valence-corrected chi connectivity index (χ4v) is 3.80. The summed E-state index contributed by atoms with van der Waals surface area (Å²) in [4.78, 5) is 22.1. The topological polar surface area (TPSA) is 84.7 Å². The minimum absolute atomic E-state index is 0.0926. The van der Waals surface area contributed by atoms with Gasteiger partial charge in [-0.3, -0.25) is 14.5 Å². The highest BCUT2D eigenvalue weighted by Gasteiger charge is 2.21. The molecular formula is C27H30N6O. The molecular weight excluding hydrogens is 424 g/mol. The van der Waals surface area contributed by atoms with Crippen LogP contribution in [0.4, 0.5) is 5.82 Å². The van der Waals surface area contributed by atoms with Crippen molar-refractivity contribution in [3.8, 4) is 11.1 Å². The van der Waals surface area contributed by atoms with Crippen LogP contribution >= 0.6 is 0 Å². The molecule has 174 valence electrons. The van der Waals surface area contributed by atoms with Crippen molar-refractivity contribution in [3.63, 3.8) is 0 Å². The van der Waals surface area contributed by atoms with Crippen molar-refractivity contribution in [2.45, 2.75) is 25.7 Å². The number of nitrogens with zero attached hydrogens (tertiary/aromatic N) is 4. The van der Waals surface area contributed by atoms with Gasteiger partial charge in [-0.15, -0.1) is 0 Å². The highest BCUT2D eigenvalue weighted by atomic mass is 16.2. The number of benzene rings is 1. The van der Waals surface area contributed by atoms with Gasteiger partial charge in [0.1, 0.15) is 5.82 Å². The Kier molecular flexibility index (Phi) is 7.44. The molecule has 2 N–H and O–H groups in total. The molecule has 3 aromatic heterocycles. The molecule has 0 aliphatic heterocycles. The van der Waals surface area contributed by atoms with E-state index in [-0.39, 0.29) is 17.7 Å². The number of hydrogen-bond donors (Lipinski definition) is 2. The molecule has 0 spiro atoms. The maximum absolute atomic E-state index is 13.2. The molecule has 0 aliphatic carbocycles. The number of pyridine rings is 2. The van der Waals surface area contributed by atoms with Crippen LogP contribution in [0.25, 0.3) is 11.1 Å². The molecule has 0 saturated carbocycles. The van der Waals surface area contributed by atoms with Crippen molar-refractivity contribution in [1.29, 1.82) is 0 Å². The van der Waals surface area contributed by atoms with E-state index in [1.165, 1.54) is 5.56 Å². The summed E-state index contributed by atoms with van der Waals surface area (Å²) in [6, 6.07) is 17.7. The van der Waals surface area contributed by atoms with Gasteiger partial charge >= 0.3 is 0 Å². The number of nitrogens with one attached hydrogen (secondary N) is 2. The molecule has 0 fully saturated rings. The Morgan fingerprint density at radius 1 is 0.912 bits per heavy atom. The Balaban J connectivity index is 1.41. The van der Waals surface area contributed by atoms with Crippen LogP contribution in [0, 0.1) is 6.92 Å². The number of aromatic nitrogens is 4. The van der Waals surface area contributed by atoms with E-state index in [0.29, 0.717) is 12.4 Å². The predicted octanol–water partition coefficient (Wildman–Crippen LogP) is 4.30. The van der Waals surface area contributed by atoms with Crippen LogP contribution in [0.15, 0.2) is 79.4 Å². The van der Waals surface area contributed by atoms with E-state index in [4.69, 9.17) is 0 Å². The van der Waals surface area contributed by atoms with Gasteiger partial charge in [0.2, 0.25) is 5.91 Å². The van der Waals surface area contributed by atoms with Gasteiger partial charge in [0.15, 0.2) is 0 Å². The zero-order valence-corrected chi connectivity index (χ0v) is 19.8. The summed E-state index contributed by atoms with van der Waals surface area (Å²) in [6.07, 6.45) is 7.39. The molecule has 0 radical (unpaired) electrons. The highest BCUT2D eigenvalue weighted by Crippen LogP contribution is 2.21. The minimum atomic E-state index is -0.343. The zero-order valence-electron chi connectivity index (χ0n) is 19.8. The summed E-state index contributed by atoms with van der Waals surface area (Å²) in [7, 11) is 1.88. The van der Waals surface area contributed by atoms with Crippen LogP contribution in [0.3, 0.4) is 0 Å². The van der Waals surface area contributed by atoms with E-state index in [2.05, 4.69) is 38.7 Å². The van der Waals surface area contributed by atoms with Crippen molar-refractivity contribution in [1.82, 2.24) is 25.1 Å². The summed E-state index contributed by atoms with van der Waals surface area (Å²) in [6.45, 7) is 5.41. The second-order valence-electron chi connectivity index (χ2n) is 8.58. The fourth-order valence-electron chi connectivity index (χ4n) is 3.80. The Labute approximate surface area is 200 Å². The quantitative estimate of drug-likeness (QED) is 0.394. The van der Waals surface area contributed by atoms with Gasteiger partial charge in [-0.25, -0.2) is 4.98 Å². The molecule has 2 atom stereocenters.